The number of hydrogen-bond acceptors (Lipinski definition) is 5. The Morgan fingerprint density at radius 2 is 2.47 bits per heavy atom. The van der Waals surface area contributed by atoms with Gasteiger partial charge in [-0.3, -0.25) is 4.79 Å². The molecular weight excluding hydrogens is 198 g/mol. The molecule has 3 rings (SSSR count). The van der Waals surface area contributed by atoms with Gasteiger partial charge in [0.05, 0.1) is 19.3 Å². The van der Waals surface area contributed by atoms with Gasteiger partial charge in [-0.2, -0.15) is 5.10 Å². The summed E-state index contributed by atoms with van der Waals surface area (Å²) in [5.74, 6) is 0. The predicted molar refractivity (Wildman–Crippen MR) is 50.3 cm³/mol. The highest BCUT2D eigenvalue weighted by molar-refractivity contribution is 5.72. The van der Waals surface area contributed by atoms with Crippen LogP contribution in [0, 0.1) is 0 Å². The van der Waals surface area contributed by atoms with Crippen LogP contribution in [0.3, 0.4) is 0 Å². The molecule has 7 heteroatoms. The number of rotatable bonds is 2. The summed E-state index contributed by atoms with van der Waals surface area (Å²) in [6.07, 6.45) is 1.63. The third-order valence-corrected chi connectivity index (χ3v) is 2.40. The topological polar surface area (TPSA) is 78.1 Å². The Balaban J connectivity index is 2.16. The van der Waals surface area contributed by atoms with Crippen LogP contribution in [0.1, 0.15) is 0 Å². The maximum atomic E-state index is 11.9. The normalized spacial score (nSPS) is 19.7. The Morgan fingerprint density at radius 1 is 1.67 bits per heavy atom. The summed E-state index contributed by atoms with van der Waals surface area (Å²) in [5, 5.41) is 12.2. The van der Waals surface area contributed by atoms with Crippen LogP contribution in [0.4, 0.5) is 0 Å². The van der Waals surface area contributed by atoms with E-state index in [0.717, 1.165) is 0 Å². The molecule has 7 nitrogen and oxygen atoms in total. The molecule has 1 fully saturated rings. The zero-order valence-electron chi connectivity index (χ0n) is 8.12. The van der Waals surface area contributed by atoms with E-state index in [-0.39, 0.29) is 11.7 Å². The number of ether oxygens (including phenoxy) is 1. The average molecular weight is 207 g/mol. The maximum absolute atomic E-state index is 11.9. The molecule has 1 unspecified atom stereocenters. The molecule has 1 aliphatic heterocycles. The van der Waals surface area contributed by atoms with E-state index in [1.807, 2.05) is 0 Å². The Kier molecular flexibility index (Phi) is 1.63. The maximum Gasteiger partial charge on any atom is 0.280 e. The summed E-state index contributed by atoms with van der Waals surface area (Å²) < 4.78 is 7.89. The molecule has 3 heterocycles. The molecule has 0 aliphatic carbocycles. The Hall–Kier alpha value is -1.76. The molecule has 1 atom stereocenters. The van der Waals surface area contributed by atoms with Gasteiger partial charge < -0.3 is 4.74 Å². The van der Waals surface area contributed by atoms with Crippen LogP contribution >= 0.6 is 0 Å². The smallest absolute Gasteiger partial charge is 0.280 e. The molecule has 1 saturated heterocycles. The molecule has 78 valence electrons. The van der Waals surface area contributed by atoms with Crippen molar-refractivity contribution in [2.75, 3.05) is 6.61 Å². The van der Waals surface area contributed by atoms with Gasteiger partial charge in [0.25, 0.3) is 5.56 Å². The Labute approximate surface area is 84.3 Å². The lowest BCUT2D eigenvalue weighted by molar-refractivity contribution is 0.364. The van der Waals surface area contributed by atoms with Gasteiger partial charge in [-0.1, -0.05) is 5.21 Å². The molecular formula is C8H9N5O2. The number of aryl methyl sites for hydroxylation is 1. The first kappa shape index (κ1) is 8.54. The lowest BCUT2D eigenvalue weighted by Crippen LogP contribution is -2.26. The van der Waals surface area contributed by atoms with E-state index in [2.05, 4.69) is 15.4 Å². The van der Waals surface area contributed by atoms with Crippen molar-refractivity contribution in [1.82, 2.24) is 24.8 Å². The Bertz CT molecular complexity index is 568. The molecule has 0 aromatic carbocycles. The minimum absolute atomic E-state index is 0.117. The van der Waals surface area contributed by atoms with Crippen LogP contribution in [0.15, 0.2) is 11.0 Å². The van der Waals surface area contributed by atoms with Gasteiger partial charge in [0, 0.05) is 7.05 Å². The standard InChI is InChI=1S/C8H9N5O2/c1-12-7-6(2-9-12)8(14)13(11-10-7)3-5-4-15-5/h2,5H,3-4H2,1H3. The summed E-state index contributed by atoms with van der Waals surface area (Å²) in [5.41, 5.74) is 0.344. The van der Waals surface area contributed by atoms with Crippen molar-refractivity contribution in [3.05, 3.63) is 16.6 Å². The summed E-state index contributed by atoms with van der Waals surface area (Å²) in [6, 6.07) is 0. The molecule has 0 N–H and O–H groups in total. The molecule has 2 aromatic rings. The molecule has 0 spiro atoms. The van der Waals surface area contributed by atoms with E-state index in [1.165, 1.54) is 15.6 Å². The number of nitrogens with zero attached hydrogens (tertiary/aromatic N) is 5. The minimum Gasteiger partial charge on any atom is -0.371 e. The summed E-state index contributed by atoms with van der Waals surface area (Å²) >= 11 is 0. The zero-order valence-corrected chi connectivity index (χ0v) is 8.12. The monoisotopic (exact) mass is 207 g/mol. The van der Waals surface area contributed by atoms with Crippen LogP contribution in [-0.2, 0) is 18.3 Å². The van der Waals surface area contributed by atoms with Crippen molar-refractivity contribution in [3.8, 4) is 0 Å². The fourth-order valence-corrected chi connectivity index (χ4v) is 1.46. The highest BCUT2D eigenvalue weighted by atomic mass is 16.6. The van der Waals surface area contributed by atoms with E-state index in [1.54, 1.807) is 7.05 Å². The van der Waals surface area contributed by atoms with Crippen molar-refractivity contribution in [2.45, 2.75) is 12.6 Å². The van der Waals surface area contributed by atoms with Crippen LogP contribution in [0.25, 0.3) is 11.0 Å². The molecule has 0 amide bonds. The van der Waals surface area contributed by atoms with E-state index in [0.29, 0.717) is 24.2 Å². The molecule has 15 heavy (non-hydrogen) atoms. The van der Waals surface area contributed by atoms with Crippen LogP contribution in [0.2, 0.25) is 0 Å². The molecule has 0 saturated carbocycles. The number of epoxide rings is 1. The first-order valence-electron chi connectivity index (χ1n) is 4.63. The van der Waals surface area contributed by atoms with Crippen LogP contribution < -0.4 is 5.56 Å². The number of aromatic nitrogens is 5. The molecule has 2 aromatic heterocycles. The van der Waals surface area contributed by atoms with Crippen molar-refractivity contribution in [3.63, 3.8) is 0 Å². The highest BCUT2D eigenvalue weighted by Crippen LogP contribution is 2.10. The van der Waals surface area contributed by atoms with E-state index in [4.69, 9.17) is 4.74 Å². The number of hydrogen-bond donors (Lipinski definition) is 0. The SMILES string of the molecule is Cn1ncc2c(=O)n(CC3CO3)nnc21. The summed E-state index contributed by atoms with van der Waals surface area (Å²) in [4.78, 5) is 11.9. The van der Waals surface area contributed by atoms with Gasteiger partial charge in [-0.15, -0.1) is 5.10 Å². The third-order valence-electron chi connectivity index (χ3n) is 2.40. The van der Waals surface area contributed by atoms with Crippen molar-refractivity contribution in [1.29, 1.82) is 0 Å². The summed E-state index contributed by atoms with van der Waals surface area (Å²) in [7, 11) is 1.73. The molecule has 0 bridgehead atoms. The third kappa shape index (κ3) is 1.32. The fraction of sp³-hybridized carbons (Fsp3) is 0.500. The predicted octanol–water partition coefficient (Wildman–Crippen LogP) is -1.08. The minimum atomic E-state index is -0.163. The quantitative estimate of drug-likeness (QED) is 0.585. The first-order chi connectivity index (χ1) is 7.25. The highest BCUT2D eigenvalue weighted by Gasteiger charge is 2.24. The zero-order chi connectivity index (χ0) is 10.4. The molecule has 0 radical (unpaired) electrons. The van der Waals surface area contributed by atoms with Gasteiger partial charge in [-0.05, 0) is 0 Å². The first-order valence-corrected chi connectivity index (χ1v) is 4.63. The summed E-state index contributed by atoms with van der Waals surface area (Å²) in [6.45, 7) is 1.16. The molecule has 1 aliphatic rings. The Morgan fingerprint density at radius 3 is 3.20 bits per heavy atom. The van der Waals surface area contributed by atoms with E-state index < -0.39 is 0 Å². The second-order valence-electron chi connectivity index (χ2n) is 3.54. The van der Waals surface area contributed by atoms with Crippen molar-refractivity contribution < 1.29 is 4.74 Å². The van der Waals surface area contributed by atoms with Crippen molar-refractivity contribution in [2.24, 2.45) is 7.05 Å². The fourth-order valence-electron chi connectivity index (χ4n) is 1.46. The lowest BCUT2D eigenvalue weighted by atomic mass is 10.4. The van der Waals surface area contributed by atoms with Crippen LogP contribution in [0.5, 0.6) is 0 Å². The van der Waals surface area contributed by atoms with Gasteiger partial charge in [0.15, 0.2) is 5.65 Å². The van der Waals surface area contributed by atoms with Gasteiger partial charge in [0.2, 0.25) is 0 Å². The van der Waals surface area contributed by atoms with Gasteiger partial charge in [-0.25, -0.2) is 9.36 Å². The number of fused-ring (bicyclic) bond motifs is 1. The second kappa shape index (κ2) is 2.86. The van der Waals surface area contributed by atoms with Crippen LogP contribution in [-0.4, -0.2) is 37.5 Å². The lowest BCUT2D eigenvalue weighted by Gasteiger charge is -1.99. The largest absolute Gasteiger partial charge is 0.371 e. The van der Waals surface area contributed by atoms with Gasteiger partial charge >= 0.3 is 0 Å². The second-order valence-corrected chi connectivity index (χ2v) is 3.54. The van der Waals surface area contributed by atoms with E-state index >= 15 is 0 Å². The van der Waals surface area contributed by atoms with E-state index in [9.17, 15) is 4.79 Å². The average Bonchev–Trinajstić information content (AvgIpc) is 2.95. The van der Waals surface area contributed by atoms with Gasteiger partial charge in [0.1, 0.15) is 11.5 Å². The van der Waals surface area contributed by atoms with Crippen molar-refractivity contribution >= 4 is 11.0 Å².